The second-order valence-electron chi connectivity index (χ2n) is 12.1. The summed E-state index contributed by atoms with van der Waals surface area (Å²) in [5.74, 6) is -63.6. The summed E-state index contributed by atoms with van der Waals surface area (Å²) in [7, 11) is -3.91. The maximum Gasteiger partial charge on any atom is 0.636 e. The highest BCUT2D eigenvalue weighted by Gasteiger charge is 2.44. The van der Waals surface area contributed by atoms with Crippen LogP contribution in [0.15, 0.2) is 24.3 Å². The zero-order chi connectivity index (χ0) is 44.3. The number of benzene rings is 7. The Labute approximate surface area is 315 Å². The molecule has 0 aliphatic rings. The van der Waals surface area contributed by atoms with E-state index in [0.717, 1.165) is 0 Å². The van der Waals surface area contributed by atoms with Gasteiger partial charge in [-0.1, -0.05) is 0 Å². The molecule has 0 unspecified atom stereocenters. The minimum absolute atomic E-state index is 0.0143. The number of fused-ring (bicyclic) bond motifs is 3. The first kappa shape index (κ1) is 41.7. The molecule has 0 aliphatic carbocycles. The van der Waals surface area contributed by atoms with Crippen molar-refractivity contribution in [3.05, 3.63) is 146 Å². The summed E-state index contributed by atoms with van der Waals surface area (Å²) in [4.78, 5) is 0. The molecule has 0 heterocycles. The number of hydrogen-bond donors (Lipinski definition) is 0. The van der Waals surface area contributed by atoms with Gasteiger partial charge in [-0.2, -0.15) is 4.39 Å². The second kappa shape index (κ2) is 14.4. The lowest BCUT2D eigenvalue weighted by atomic mass is 9.73. The molecule has 0 N–H and O–H groups in total. The van der Waals surface area contributed by atoms with Gasteiger partial charge in [-0.05, 0) is 18.2 Å². The Balaban J connectivity index is 1.68. The van der Waals surface area contributed by atoms with Crippen LogP contribution in [0.1, 0.15) is 0 Å². The van der Waals surface area contributed by atoms with Crippen LogP contribution in [-0.4, -0.2) is 7.12 Å². The normalized spacial score (nSPS) is 11.8. The van der Waals surface area contributed by atoms with Gasteiger partial charge in [0, 0.05) is 16.8 Å². The molecule has 7 aromatic rings. The van der Waals surface area contributed by atoms with Crippen molar-refractivity contribution in [2.75, 3.05) is 0 Å². The monoisotopic (exact) mass is 878 g/mol. The number of halogens is 21. The van der Waals surface area contributed by atoms with Crippen LogP contribution in [0.4, 0.5) is 92.2 Å². The van der Waals surface area contributed by atoms with Gasteiger partial charge < -0.3 is 9.31 Å². The van der Waals surface area contributed by atoms with Gasteiger partial charge in [-0.3, -0.25) is 0 Å². The highest BCUT2D eigenvalue weighted by Crippen LogP contribution is 2.44. The van der Waals surface area contributed by atoms with Crippen LogP contribution in [0.5, 0.6) is 11.5 Å². The summed E-state index contributed by atoms with van der Waals surface area (Å²) >= 11 is 0. The van der Waals surface area contributed by atoms with Gasteiger partial charge in [-0.15, -0.1) is 0 Å². The minimum Gasteiger partial charge on any atom is -0.521 e. The highest BCUT2D eigenvalue weighted by molar-refractivity contribution is 6.66. The second-order valence-corrected chi connectivity index (χ2v) is 12.1. The SMILES string of the molecule is Fc1cc(F)c2c(F)ccc(OB(Oc3c(F)c(F)c(F)c(F)c3-c3c(F)c(F)c(F)c(F)c3F)c3c(F)c(F)c(F)c4c(F)c5c(F)c(F)c(F)c(F)c5c(F)c34)c2c1. The van der Waals surface area contributed by atoms with E-state index in [1.807, 2.05) is 0 Å². The summed E-state index contributed by atoms with van der Waals surface area (Å²) in [6.45, 7) is 0. The van der Waals surface area contributed by atoms with E-state index in [1.165, 1.54) is 0 Å². The van der Waals surface area contributed by atoms with Crippen molar-refractivity contribution in [2.45, 2.75) is 0 Å². The molecule has 24 heteroatoms. The van der Waals surface area contributed by atoms with Gasteiger partial charge in [-0.25, -0.2) is 87.8 Å². The predicted molar refractivity (Wildman–Crippen MR) is 163 cm³/mol. The van der Waals surface area contributed by atoms with Gasteiger partial charge in [0.15, 0.2) is 81.4 Å². The zero-order valence-electron chi connectivity index (χ0n) is 27.6. The molecule has 60 heavy (non-hydrogen) atoms. The quantitative estimate of drug-likeness (QED) is 0.0545. The van der Waals surface area contributed by atoms with Crippen LogP contribution < -0.4 is 14.8 Å². The van der Waals surface area contributed by atoms with E-state index < -0.39 is 190 Å². The maximum atomic E-state index is 16.4. The van der Waals surface area contributed by atoms with Crippen molar-refractivity contribution in [1.29, 1.82) is 0 Å². The Kier molecular flexibility index (Phi) is 9.97. The fourth-order valence-electron chi connectivity index (χ4n) is 6.20. The maximum absolute atomic E-state index is 16.4. The average Bonchev–Trinajstić information content (AvgIpc) is 3.20. The summed E-state index contributed by atoms with van der Waals surface area (Å²) < 4.78 is 325. The largest absolute Gasteiger partial charge is 0.636 e. The zero-order valence-corrected chi connectivity index (χ0v) is 27.6. The molecule has 0 bridgehead atoms. The van der Waals surface area contributed by atoms with Gasteiger partial charge >= 0.3 is 7.12 Å². The molecule has 0 spiro atoms. The molecule has 7 rings (SSSR count). The number of rotatable bonds is 6. The van der Waals surface area contributed by atoms with Gasteiger partial charge in [0.25, 0.3) is 0 Å². The van der Waals surface area contributed by atoms with Crippen LogP contribution in [0.3, 0.4) is 0 Å². The average molecular weight is 878 g/mol. The minimum atomic E-state index is -3.91. The smallest absolute Gasteiger partial charge is 0.521 e. The lowest BCUT2D eigenvalue weighted by Gasteiger charge is -2.24. The first-order chi connectivity index (χ1) is 28.0. The Morgan fingerprint density at radius 2 is 0.733 bits per heavy atom. The molecule has 0 fully saturated rings. The molecule has 0 saturated heterocycles. The van der Waals surface area contributed by atoms with Crippen molar-refractivity contribution in [3.63, 3.8) is 0 Å². The van der Waals surface area contributed by atoms with Crippen LogP contribution in [0.25, 0.3) is 43.4 Å². The Bertz CT molecular complexity index is 3050. The Morgan fingerprint density at radius 3 is 1.27 bits per heavy atom. The highest BCUT2D eigenvalue weighted by atomic mass is 19.2. The topological polar surface area (TPSA) is 18.5 Å². The summed E-state index contributed by atoms with van der Waals surface area (Å²) in [6, 6.07) is 0.589. The first-order valence-electron chi connectivity index (χ1n) is 15.5. The van der Waals surface area contributed by atoms with Crippen LogP contribution in [0.2, 0.25) is 0 Å². The summed E-state index contributed by atoms with van der Waals surface area (Å²) in [5, 5.41) is -12.2. The summed E-state index contributed by atoms with van der Waals surface area (Å²) in [6.07, 6.45) is 0. The standard InChI is InChI=1S/C36H4BF21O2/c38-5-3-6-9(2-1-7(39)10(6)8(40)4-5)59-37(60-36-16(25(48)32(55)34(57)35(36)58)15-23(46)30(53)33(56)31(54)24(15)47)17-11-12(20(43)27(50)26(17)49)19(42)14-13(18(11)41)21(44)28(51)29(52)22(14)45/h1-4H. The Morgan fingerprint density at radius 1 is 0.317 bits per heavy atom. The molecular weight excluding hydrogens is 874 g/mol. The lowest BCUT2D eigenvalue weighted by Crippen LogP contribution is -2.46. The van der Waals surface area contributed by atoms with E-state index in [4.69, 9.17) is 9.31 Å². The molecule has 0 aliphatic heterocycles. The van der Waals surface area contributed by atoms with Crippen LogP contribution in [0, 0.1) is 122 Å². The van der Waals surface area contributed by atoms with Crippen molar-refractivity contribution in [3.8, 4) is 22.6 Å². The molecular formula is C36H4BF21O2. The Hall–Kier alpha value is -6.49. The van der Waals surface area contributed by atoms with Crippen LogP contribution >= 0.6 is 0 Å². The van der Waals surface area contributed by atoms with Crippen molar-refractivity contribution < 1.29 is 102 Å². The van der Waals surface area contributed by atoms with E-state index in [9.17, 15) is 48.3 Å². The van der Waals surface area contributed by atoms with Crippen molar-refractivity contribution in [2.24, 2.45) is 0 Å². The lowest BCUT2D eigenvalue weighted by molar-refractivity contribution is 0.366. The molecule has 310 valence electrons. The van der Waals surface area contributed by atoms with Gasteiger partial charge in [0.05, 0.1) is 38.1 Å². The molecule has 0 saturated carbocycles. The van der Waals surface area contributed by atoms with Crippen molar-refractivity contribution >= 4 is 44.9 Å². The molecule has 0 amide bonds. The number of hydrogen-bond acceptors (Lipinski definition) is 2. The molecule has 0 aromatic heterocycles. The fraction of sp³-hybridized carbons (Fsp3) is 0. The molecule has 0 atom stereocenters. The third-order valence-corrected chi connectivity index (χ3v) is 8.82. The van der Waals surface area contributed by atoms with E-state index in [2.05, 4.69) is 0 Å². The fourth-order valence-corrected chi connectivity index (χ4v) is 6.20. The van der Waals surface area contributed by atoms with E-state index in [1.54, 1.807) is 0 Å². The molecule has 0 radical (unpaired) electrons. The first-order valence-corrected chi connectivity index (χ1v) is 15.5. The third-order valence-electron chi connectivity index (χ3n) is 8.82. The third kappa shape index (κ3) is 5.80. The van der Waals surface area contributed by atoms with Gasteiger partial charge in [0.2, 0.25) is 17.5 Å². The molecule has 7 aromatic carbocycles. The predicted octanol–water partition coefficient (Wildman–Crippen LogP) is 11.6. The van der Waals surface area contributed by atoms with E-state index >= 15 is 43.9 Å². The van der Waals surface area contributed by atoms with Crippen LogP contribution in [-0.2, 0) is 0 Å². The molecule has 2 nitrogen and oxygen atoms in total. The van der Waals surface area contributed by atoms with E-state index in [-0.39, 0.29) is 24.3 Å². The summed E-state index contributed by atoms with van der Waals surface area (Å²) in [5.41, 5.74) is -7.95. The van der Waals surface area contributed by atoms with E-state index in [0.29, 0.717) is 0 Å². The van der Waals surface area contributed by atoms with Gasteiger partial charge in [0.1, 0.15) is 34.8 Å². The van der Waals surface area contributed by atoms with Crippen molar-refractivity contribution in [1.82, 2.24) is 0 Å².